The van der Waals surface area contributed by atoms with Gasteiger partial charge in [0.1, 0.15) is 5.75 Å². The number of nitrogens with zero attached hydrogens (tertiary/aromatic N) is 1. The fourth-order valence-corrected chi connectivity index (χ4v) is 5.48. The van der Waals surface area contributed by atoms with Crippen LogP contribution in [0, 0.1) is 0 Å². The second-order valence-corrected chi connectivity index (χ2v) is 10.5. The molecule has 198 valence electrons. The highest BCUT2D eigenvalue weighted by molar-refractivity contribution is 7.89. The maximum absolute atomic E-state index is 13.5. The van der Waals surface area contributed by atoms with Crippen molar-refractivity contribution in [1.29, 1.82) is 0 Å². The molecule has 0 radical (unpaired) electrons. The molecule has 0 aromatic heterocycles. The van der Waals surface area contributed by atoms with E-state index >= 15 is 0 Å². The van der Waals surface area contributed by atoms with Gasteiger partial charge in [-0.05, 0) is 54.3 Å². The fourth-order valence-electron chi connectivity index (χ4n) is 3.74. The van der Waals surface area contributed by atoms with Crippen LogP contribution < -0.4 is 19.5 Å². The molecule has 0 atom stereocenters. The van der Waals surface area contributed by atoms with Gasteiger partial charge in [-0.2, -0.15) is 4.31 Å². The van der Waals surface area contributed by atoms with Crippen molar-refractivity contribution in [2.75, 3.05) is 41.0 Å². The summed E-state index contributed by atoms with van der Waals surface area (Å²) in [4.78, 5) is 12.8. The van der Waals surface area contributed by atoms with Crippen LogP contribution in [0.4, 0.5) is 0 Å². The molecule has 1 N–H and O–H groups in total. The van der Waals surface area contributed by atoms with Gasteiger partial charge in [-0.1, -0.05) is 48.0 Å². The molecular formula is C27H31ClN2O6S. The summed E-state index contributed by atoms with van der Waals surface area (Å²) in [6, 6.07) is 19.3. The van der Waals surface area contributed by atoms with E-state index in [1.807, 2.05) is 42.5 Å². The van der Waals surface area contributed by atoms with Gasteiger partial charge in [0.05, 0.1) is 37.8 Å². The lowest BCUT2D eigenvalue weighted by Crippen LogP contribution is -2.42. The lowest BCUT2D eigenvalue weighted by Gasteiger charge is -2.22. The number of halogens is 1. The van der Waals surface area contributed by atoms with Gasteiger partial charge in [-0.15, -0.1) is 0 Å². The molecule has 0 saturated carbocycles. The van der Waals surface area contributed by atoms with E-state index in [0.717, 1.165) is 11.1 Å². The van der Waals surface area contributed by atoms with Crippen LogP contribution in [0.15, 0.2) is 71.6 Å². The molecule has 3 aromatic rings. The Kier molecular flexibility index (Phi) is 10.2. The van der Waals surface area contributed by atoms with E-state index in [1.54, 1.807) is 20.3 Å². The normalized spacial score (nSPS) is 11.3. The van der Waals surface area contributed by atoms with Crippen molar-refractivity contribution in [2.45, 2.75) is 17.7 Å². The first-order valence-corrected chi connectivity index (χ1v) is 13.5. The Hall–Kier alpha value is -3.27. The average Bonchev–Trinajstić information content (AvgIpc) is 2.91. The number of hydrogen-bond acceptors (Lipinski definition) is 6. The number of benzene rings is 3. The molecule has 0 aliphatic carbocycles. The number of nitrogens with one attached hydrogen (secondary N) is 1. The van der Waals surface area contributed by atoms with Gasteiger partial charge in [0, 0.05) is 13.1 Å². The molecule has 10 heteroatoms. The number of amides is 1. The molecule has 0 bridgehead atoms. The van der Waals surface area contributed by atoms with E-state index in [1.165, 1.54) is 29.6 Å². The van der Waals surface area contributed by atoms with Crippen molar-refractivity contribution in [3.8, 4) is 17.2 Å². The molecule has 3 rings (SSSR count). The highest BCUT2D eigenvalue weighted by Crippen LogP contribution is 2.29. The Morgan fingerprint density at radius 2 is 1.51 bits per heavy atom. The Morgan fingerprint density at radius 3 is 2.16 bits per heavy atom. The quantitative estimate of drug-likeness (QED) is 0.349. The van der Waals surface area contributed by atoms with E-state index in [9.17, 15) is 13.2 Å². The van der Waals surface area contributed by atoms with Crippen LogP contribution in [0.1, 0.15) is 11.1 Å². The zero-order valence-corrected chi connectivity index (χ0v) is 22.6. The lowest BCUT2D eigenvalue weighted by molar-refractivity contribution is -0.121. The zero-order chi connectivity index (χ0) is 26.8. The molecule has 0 saturated heterocycles. The minimum Gasteiger partial charge on any atom is -0.495 e. The zero-order valence-electron chi connectivity index (χ0n) is 21.1. The van der Waals surface area contributed by atoms with E-state index in [-0.39, 0.29) is 23.0 Å². The van der Waals surface area contributed by atoms with Gasteiger partial charge in [0.2, 0.25) is 15.9 Å². The number of methoxy groups -OCH3 is 3. The third-order valence-corrected chi connectivity index (χ3v) is 7.89. The van der Waals surface area contributed by atoms with Crippen molar-refractivity contribution in [1.82, 2.24) is 9.62 Å². The Morgan fingerprint density at radius 1 is 0.838 bits per heavy atom. The first kappa shape index (κ1) is 28.3. The molecule has 0 aliphatic rings. The summed E-state index contributed by atoms with van der Waals surface area (Å²) in [5, 5.41) is 2.99. The van der Waals surface area contributed by atoms with Crippen LogP contribution >= 0.6 is 11.6 Å². The van der Waals surface area contributed by atoms with Crippen LogP contribution in [-0.2, 0) is 27.7 Å². The molecule has 0 fully saturated rings. The minimum atomic E-state index is -4.01. The van der Waals surface area contributed by atoms with Gasteiger partial charge in [0.15, 0.2) is 11.5 Å². The van der Waals surface area contributed by atoms with E-state index in [0.29, 0.717) is 36.6 Å². The summed E-state index contributed by atoms with van der Waals surface area (Å²) < 4.78 is 43.8. The monoisotopic (exact) mass is 546 g/mol. The standard InChI is InChI=1S/C27H31ClN2O6S/c1-34-24-12-10-22(18-23(24)28)37(32,33)30(16-14-20-7-5-4-6-8-20)19-27(31)29-15-13-21-9-11-25(35-2)26(17-21)36-3/h4-12,17-18H,13-16,19H2,1-3H3,(H,29,31). The minimum absolute atomic E-state index is 0.00973. The molecule has 0 spiro atoms. The van der Waals surface area contributed by atoms with Crippen LogP contribution in [0.3, 0.4) is 0 Å². The summed E-state index contributed by atoms with van der Waals surface area (Å²) in [5.41, 5.74) is 1.91. The van der Waals surface area contributed by atoms with Gasteiger partial charge < -0.3 is 19.5 Å². The Balaban J connectivity index is 1.71. The van der Waals surface area contributed by atoms with E-state index < -0.39 is 15.9 Å². The first-order valence-electron chi connectivity index (χ1n) is 11.6. The second kappa shape index (κ2) is 13.3. The van der Waals surface area contributed by atoms with Gasteiger partial charge in [-0.25, -0.2) is 8.42 Å². The summed E-state index contributed by atoms with van der Waals surface area (Å²) >= 11 is 6.18. The van der Waals surface area contributed by atoms with E-state index in [2.05, 4.69) is 5.32 Å². The van der Waals surface area contributed by atoms with Crippen LogP contribution in [-0.4, -0.2) is 59.6 Å². The Bertz CT molecular complexity index is 1300. The second-order valence-electron chi connectivity index (χ2n) is 8.16. The van der Waals surface area contributed by atoms with Crippen molar-refractivity contribution in [3.05, 3.63) is 82.9 Å². The summed E-state index contributed by atoms with van der Waals surface area (Å²) in [5.74, 6) is 1.18. The van der Waals surface area contributed by atoms with Gasteiger partial charge in [-0.3, -0.25) is 4.79 Å². The van der Waals surface area contributed by atoms with Crippen LogP contribution in [0.25, 0.3) is 0 Å². The molecular weight excluding hydrogens is 516 g/mol. The number of carbonyl (C=O) groups is 1. The molecule has 3 aromatic carbocycles. The molecule has 37 heavy (non-hydrogen) atoms. The fraction of sp³-hybridized carbons (Fsp3) is 0.296. The number of rotatable bonds is 13. The highest BCUT2D eigenvalue weighted by Gasteiger charge is 2.27. The van der Waals surface area contributed by atoms with Crippen LogP contribution in [0.2, 0.25) is 5.02 Å². The molecule has 8 nitrogen and oxygen atoms in total. The maximum Gasteiger partial charge on any atom is 0.243 e. The predicted molar refractivity (Wildman–Crippen MR) is 143 cm³/mol. The molecule has 1 amide bonds. The lowest BCUT2D eigenvalue weighted by atomic mass is 10.1. The summed E-state index contributed by atoms with van der Waals surface area (Å²) in [6.07, 6.45) is 0.986. The molecule has 0 unspecified atom stereocenters. The average molecular weight is 547 g/mol. The van der Waals surface area contributed by atoms with Crippen molar-refractivity contribution < 1.29 is 27.4 Å². The summed E-state index contributed by atoms with van der Waals surface area (Å²) in [6.45, 7) is 0.124. The number of hydrogen-bond donors (Lipinski definition) is 1. The third kappa shape index (κ3) is 7.61. The summed E-state index contributed by atoms with van der Waals surface area (Å²) in [7, 11) is 0.571. The van der Waals surface area contributed by atoms with Crippen molar-refractivity contribution in [3.63, 3.8) is 0 Å². The Labute approximate surface area is 223 Å². The van der Waals surface area contributed by atoms with Gasteiger partial charge >= 0.3 is 0 Å². The third-order valence-electron chi connectivity index (χ3n) is 5.76. The number of carbonyl (C=O) groups excluding carboxylic acids is 1. The maximum atomic E-state index is 13.5. The van der Waals surface area contributed by atoms with Crippen LogP contribution in [0.5, 0.6) is 17.2 Å². The smallest absolute Gasteiger partial charge is 0.243 e. The molecule has 0 aliphatic heterocycles. The van der Waals surface area contributed by atoms with Gasteiger partial charge in [0.25, 0.3) is 0 Å². The van der Waals surface area contributed by atoms with Crippen molar-refractivity contribution in [2.24, 2.45) is 0 Å². The SMILES string of the molecule is COc1ccc(S(=O)(=O)N(CCc2ccccc2)CC(=O)NCCc2ccc(OC)c(OC)c2)cc1Cl. The first-order chi connectivity index (χ1) is 17.8. The highest BCUT2D eigenvalue weighted by atomic mass is 35.5. The number of sulfonamides is 1. The topological polar surface area (TPSA) is 94.2 Å². The largest absolute Gasteiger partial charge is 0.495 e. The molecule has 0 heterocycles. The predicted octanol–water partition coefficient (Wildman–Crippen LogP) is 3.96. The number of ether oxygens (including phenoxy) is 3. The van der Waals surface area contributed by atoms with E-state index in [4.69, 9.17) is 25.8 Å². The van der Waals surface area contributed by atoms with Crippen molar-refractivity contribution >= 4 is 27.5 Å².